The number of carbonyl (C=O) groups is 1. The lowest BCUT2D eigenvalue weighted by Gasteiger charge is -2.22. The zero-order valence-electron chi connectivity index (χ0n) is 16.6. The summed E-state index contributed by atoms with van der Waals surface area (Å²) in [6, 6.07) is 7.84. The molecule has 1 aliphatic heterocycles. The van der Waals surface area contributed by atoms with E-state index in [2.05, 4.69) is 15.1 Å². The van der Waals surface area contributed by atoms with Gasteiger partial charge in [0.05, 0.1) is 29.8 Å². The smallest absolute Gasteiger partial charge is 0.264 e. The van der Waals surface area contributed by atoms with Crippen LogP contribution in [0.25, 0.3) is 15.6 Å². The normalized spacial score (nSPS) is 13.0. The fourth-order valence-electron chi connectivity index (χ4n) is 3.78. The molecular weight excluding hydrogens is 440 g/mol. The third-order valence-electron chi connectivity index (χ3n) is 5.04. The van der Waals surface area contributed by atoms with E-state index in [0.717, 1.165) is 0 Å². The van der Waals surface area contributed by atoms with Crippen LogP contribution in [0.3, 0.4) is 0 Å². The van der Waals surface area contributed by atoms with Crippen LogP contribution in [-0.4, -0.2) is 33.0 Å². The Morgan fingerprint density at radius 3 is 2.81 bits per heavy atom. The van der Waals surface area contributed by atoms with Crippen molar-refractivity contribution in [3.63, 3.8) is 0 Å². The molecule has 0 radical (unpaired) electrons. The van der Waals surface area contributed by atoms with Gasteiger partial charge in [0, 0.05) is 35.6 Å². The van der Waals surface area contributed by atoms with Crippen molar-refractivity contribution in [1.29, 1.82) is 0 Å². The first-order chi connectivity index (χ1) is 14.8. The summed E-state index contributed by atoms with van der Waals surface area (Å²) < 4.78 is 34.0. The average Bonchev–Trinajstić information content (AvgIpc) is 3.18. The van der Waals surface area contributed by atoms with Gasteiger partial charge in [-0.2, -0.15) is 0 Å². The number of rotatable bonds is 4. The Kier molecular flexibility index (Phi) is 5.21. The highest BCUT2D eigenvalue weighted by Crippen LogP contribution is 2.42. The number of sulfonamides is 1. The number of halogens is 1. The fraction of sp³-hybridized carbons (Fsp3) is 0.190. The molecule has 1 amide bonds. The number of aromatic nitrogens is 1. The van der Waals surface area contributed by atoms with Gasteiger partial charge in [-0.25, -0.2) is 18.2 Å². The number of anilines is 2. The molecule has 0 saturated heterocycles. The Morgan fingerprint density at radius 1 is 1.35 bits per heavy atom. The summed E-state index contributed by atoms with van der Waals surface area (Å²) >= 11 is 6.35. The maximum atomic E-state index is 13.7. The Morgan fingerprint density at radius 2 is 2.13 bits per heavy atom. The lowest BCUT2D eigenvalue weighted by Crippen LogP contribution is -2.29. The Balaban J connectivity index is 1.93. The number of hydrogen-bond donors (Lipinski definition) is 1. The van der Waals surface area contributed by atoms with Crippen LogP contribution in [0.4, 0.5) is 17.1 Å². The van der Waals surface area contributed by atoms with Crippen LogP contribution in [0.15, 0.2) is 41.4 Å². The van der Waals surface area contributed by atoms with Gasteiger partial charge in [0.25, 0.3) is 10.0 Å². The van der Waals surface area contributed by atoms with E-state index in [1.165, 1.54) is 36.7 Å². The molecule has 0 saturated carbocycles. The molecule has 1 N–H and O–H groups in total. The molecular formula is C21H17ClN4O4S. The number of hydrogen-bond acceptors (Lipinski definition) is 5. The minimum absolute atomic E-state index is 0.0119. The van der Waals surface area contributed by atoms with E-state index in [1.807, 2.05) is 0 Å². The molecule has 1 aromatic heterocycles. The number of methoxy groups -OCH3 is 1. The lowest BCUT2D eigenvalue weighted by molar-refractivity contribution is -0.114. The fourth-order valence-corrected chi connectivity index (χ4v) is 5.81. The molecule has 4 rings (SSSR count). The molecule has 158 valence electrons. The molecule has 0 unspecified atom stereocenters. The van der Waals surface area contributed by atoms with Crippen molar-refractivity contribution in [1.82, 2.24) is 4.98 Å². The van der Waals surface area contributed by atoms with Crippen molar-refractivity contribution in [2.24, 2.45) is 0 Å². The van der Waals surface area contributed by atoms with E-state index in [4.69, 9.17) is 22.9 Å². The Hall–Kier alpha value is -3.35. The second-order valence-corrected chi connectivity index (χ2v) is 9.14. The molecule has 8 nitrogen and oxygen atoms in total. The van der Waals surface area contributed by atoms with Crippen molar-refractivity contribution in [2.75, 3.05) is 23.3 Å². The molecule has 0 spiro atoms. The van der Waals surface area contributed by atoms with Gasteiger partial charge in [-0.3, -0.25) is 9.10 Å². The first-order valence-corrected chi connectivity index (χ1v) is 11.1. The van der Waals surface area contributed by atoms with Gasteiger partial charge in [-0.15, -0.1) is 0 Å². The lowest BCUT2D eigenvalue weighted by atomic mass is 10.1. The first kappa shape index (κ1) is 20.9. The monoisotopic (exact) mass is 456 g/mol. The van der Waals surface area contributed by atoms with Crippen molar-refractivity contribution in [3.05, 3.63) is 58.5 Å². The van der Waals surface area contributed by atoms with Crippen LogP contribution in [-0.2, 0) is 21.2 Å². The van der Waals surface area contributed by atoms with Gasteiger partial charge in [0.1, 0.15) is 0 Å². The summed E-state index contributed by atoms with van der Waals surface area (Å²) in [7, 11) is -2.60. The van der Waals surface area contributed by atoms with Crippen molar-refractivity contribution in [2.45, 2.75) is 18.2 Å². The maximum Gasteiger partial charge on any atom is 0.264 e. The molecule has 0 atom stereocenters. The highest BCUT2D eigenvalue weighted by molar-refractivity contribution is 7.93. The van der Waals surface area contributed by atoms with E-state index in [0.29, 0.717) is 34.1 Å². The van der Waals surface area contributed by atoms with Gasteiger partial charge in [-0.1, -0.05) is 17.7 Å². The number of pyridine rings is 1. The maximum absolute atomic E-state index is 13.7. The molecule has 31 heavy (non-hydrogen) atoms. The molecule has 10 heteroatoms. The summed E-state index contributed by atoms with van der Waals surface area (Å²) in [5.74, 6) is -0.0347. The van der Waals surface area contributed by atoms with Crippen LogP contribution >= 0.6 is 11.6 Å². The van der Waals surface area contributed by atoms with Crippen LogP contribution in [0.2, 0.25) is 5.02 Å². The number of ether oxygens (including phenoxy) is 1. The van der Waals surface area contributed by atoms with Gasteiger partial charge < -0.3 is 10.1 Å². The highest BCUT2D eigenvalue weighted by atomic mass is 35.5. The third kappa shape index (κ3) is 3.44. The zero-order chi connectivity index (χ0) is 22.3. The molecule has 0 fully saturated rings. The van der Waals surface area contributed by atoms with E-state index in [1.54, 1.807) is 18.2 Å². The van der Waals surface area contributed by atoms with E-state index < -0.39 is 10.0 Å². The topological polar surface area (TPSA) is 93.0 Å². The summed E-state index contributed by atoms with van der Waals surface area (Å²) in [4.78, 5) is 19.1. The van der Waals surface area contributed by atoms with E-state index in [9.17, 15) is 13.2 Å². The molecule has 3 aromatic rings. The summed E-state index contributed by atoms with van der Waals surface area (Å²) in [5, 5.41) is 3.67. The predicted octanol–water partition coefficient (Wildman–Crippen LogP) is 4.16. The predicted molar refractivity (Wildman–Crippen MR) is 119 cm³/mol. The zero-order valence-corrected chi connectivity index (χ0v) is 18.2. The summed E-state index contributed by atoms with van der Waals surface area (Å²) in [5.41, 5.74) is 1.70. The minimum atomic E-state index is -4.05. The van der Waals surface area contributed by atoms with Crippen LogP contribution in [0.5, 0.6) is 5.88 Å². The number of benzene rings is 2. The number of carbonyl (C=O) groups excluding carboxylic acids is 1. The highest BCUT2D eigenvalue weighted by Gasteiger charge is 2.34. The van der Waals surface area contributed by atoms with Gasteiger partial charge in [-0.05, 0) is 36.2 Å². The second-order valence-electron chi connectivity index (χ2n) is 6.91. The number of fused-ring (bicyclic) bond motifs is 2. The van der Waals surface area contributed by atoms with E-state index in [-0.39, 0.29) is 33.9 Å². The molecule has 0 aliphatic carbocycles. The number of nitrogens with one attached hydrogen (secondary N) is 1. The van der Waals surface area contributed by atoms with Crippen molar-refractivity contribution in [3.8, 4) is 5.88 Å². The third-order valence-corrected chi connectivity index (χ3v) is 7.18. The molecule has 1 aliphatic rings. The average molecular weight is 457 g/mol. The SMILES string of the molecule is [C-]#[N+]c1cc(NC(C)=O)c2c(c1)N(S(=O)(=O)c1cccc3c(OC)ncc(Cl)c13)CC2. The number of nitrogens with zero attached hydrogens (tertiary/aromatic N) is 3. The minimum Gasteiger partial charge on any atom is -0.481 e. The largest absolute Gasteiger partial charge is 0.481 e. The molecule has 2 heterocycles. The quantitative estimate of drug-likeness (QED) is 0.595. The van der Waals surface area contributed by atoms with Crippen LogP contribution in [0, 0.1) is 6.57 Å². The standard InChI is InChI=1S/C21H17ClN4O4S/c1-12(27)25-17-9-13(23-2)10-18-14(17)7-8-26(18)31(28,29)19-6-4-5-15-20(19)16(22)11-24-21(15)30-3/h4-6,9-11H,7-8H2,1,3H3,(H,25,27). The molecule has 2 aromatic carbocycles. The number of amides is 1. The van der Waals surface area contributed by atoms with Gasteiger partial charge >= 0.3 is 0 Å². The van der Waals surface area contributed by atoms with Crippen molar-refractivity contribution >= 4 is 55.4 Å². The Labute approximate surface area is 184 Å². The van der Waals surface area contributed by atoms with Gasteiger partial charge in [0.15, 0.2) is 5.69 Å². The van der Waals surface area contributed by atoms with Gasteiger partial charge in [0.2, 0.25) is 11.8 Å². The van der Waals surface area contributed by atoms with Crippen molar-refractivity contribution < 1.29 is 17.9 Å². The summed E-state index contributed by atoms with van der Waals surface area (Å²) in [6.45, 7) is 8.89. The Bertz CT molecular complexity index is 1380. The second kappa shape index (κ2) is 7.72. The van der Waals surface area contributed by atoms with Crippen LogP contribution < -0.4 is 14.4 Å². The molecule has 0 bridgehead atoms. The van der Waals surface area contributed by atoms with E-state index >= 15 is 0 Å². The van der Waals surface area contributed by atoms with Crippen LogP contribution in [0.1, 0.15) is 12.5 Å². The summed E-state index contributed by atoms with van der Waals surface area (Å²) in [6.07, 6.45) is 1.75. The first-order valence-electron chi connectivity index (χ1n) is 9.24.